The molecule has 1 fully saturated rings. The van der Waals surface area contributed by atoms with Crippen molar-refractivity contribution in [3.05, 3.63) is 29.3 Å². The van der Waals surface area contributed by atoms with Crippen LogP contribution in [0.3, 0.4) is 0 Å². The smallest absolute Gasteiger partial charge is 0.249 e. The Morgan fingerprint density at radius 1 is 1.25 bits per heavy atom. The molecule has 0 unspecified atom stereocenters. The number of hydrogen-bond acceptors (Lipinski definition) is 5. The molecule has 7 heteroatoms. The Hall–Kier alpha value is -1.86. The lowest BCUT2D eigenvalue weighted by atomic mass is 10.0. The van der Waals surface area contributed by atoms with Crippen molar-refractivity contribution in [2.75, 3.05) is 5.73 Å². The highest BCUT2D eigenvalue weighted by Crippen LogP contribution is 2.32. The molecule has 1 aromatic rings. The average molecular weight is 305 g/mol. The summed E-state index contributed by atoms with van der Waals surface area (Å²) in [6.07, 6.45) is 0.683. The predicted octanol–water partition coefficient (Wildman–Crippen LogP) is 0.741. The number of piperidine rings is 1. The van der Waals surface area contributed by atoms with E-state index < -0.39 is 6.04 Å². The van der Waals surface area contributed by atoms with Crippen molar-refractivity contribution in [1.82, 2.24) is 10.2 Å². The third kappa shape index (κ3) is 1.82. The standard InChI is InChI=1S/C13H11N3O2S2/c14-7-3-1-2-6-10(7)13(20)16(12(6)19)8-4-5-9(17)15-11(8)18/h1-3,8H,4-5,14H2,(H,15,17,18)/t8-/m1/s1. The van der Waals surface area contributed by atoms with Crippen molar-refractivity contribution in [3.8, 4) is 0 Å². The van der Waals surface area contributed by atoms with E-state index in [1.165, 1.54) is 0 Å². The van der Waals surface area contributed by atoms with Crippen LogP contribution in [0.4, 0.5) is 5.69 Å². The number of nitrogens with one attached hydrogen (secondary N) is 1. The van der Waals surface area contributed by atoms with Crippen LogP contribution in [0.1, 0.15) is 24.0 Å². The molecule has 102 valence electrons. The first-order chi connectivity index (χ1) is 9.50. The number of thiocarbonyl (C=S) groups is 2. The Balaban J connectivity index is 2.00. The van der Waals surface area contributed by atoms with Gasteiger partial charge in [-0.2, -0.15) is 0 Å². The lowest BCUT2D eigenvalue weighted by molar-refractivity contribution is -0.135. The molecule has 2 aliphatic heterocycles. The first-order valence-corrected chi connectivity index (χ1v) is 6.92. The molecule has 1 atom stereocenters. The summed E-state index contributed by atoms with van der Waals surface area (Å²) in [7, 11) is 0. The molecule has 1 saturated heterocycles. The minimum absolute atomic E-state index is 0.265. The fourth-order valence-electron chi connectivity index (χ4n) is 2.54. The molecule has 0 aliphatic carbocycles. The zero-order valence-corrected chi connectivity index (χ0v) is 12.0. The summed E-state index contributed by atoms with van der Waals surface area (Å²) in [6, 6.07) is 4.85. The van der Waals surface area contributed by atoms with E-state index >= 15 is 0 Å². The van der Waals surface area contributed by atoms with E-state index in [1.54, 1.807) is 17.0 Å². The van der Waals surface area contributed by atoms with Gasteiger partial charge in [0.1, 0.15) is 16.0 Å². The van der Waals surface area contributed by atoms with Crippen LogP contribution in [-0.4, -0.2) is 32.7 Å². The maximum atomic E-state index is 12.0. The molecule has 2 heterocycles. The SMILES string of the molecule is Nc1cccc2c1C(=S)N([C@@H]1CCC(=O)NC1=O)C2=S. The molecular formula is C13H11N3O2S2. The molecule has 2 amide bonds. The fourth-order valence-corrected chi connectivity index (χ4v) is 3.43. The van der Waals surface area contributed by atoms with Gasteiger partial charge in [-0.25, -0.2) is 0 Å². The maximum absolute atomic E-state index is 12.0. The molecule has 0 aromatic heterocycles. The summed E-state index contributed by atoms with van der Waals surface area (Å²) >= 11 is 10.8. The largest absolute Gasteiger partial charge is 0.398 e. The number of carbonyl (C=O) groups excluding carboxylic acids is 2. The number of nitrogen functional groups attached to an aromatic ring is 1. The van der Waals surface area contributed by atoms with Crippen LogP contribution in [0.5, 0.6) is 0 Å². The number of benzene rings is 1. The second-order valence-corrected chi connectivity index (χ2v) is 5.49. The number of amides is 2. The molecule has 5 nitrogen and oxygen atoms in total. The molecule has 3 N–H and O–H groups in total. The number of nitrogens with zero attached hydrogens (tertiary/aromatic N) is 1. The Labute approximate surface area is 126 Å². The first kappa shape index (κ1) is 13.1. The number of nitrogens with two attached hydrogens (primary N) is 1. The van der Waals surface area contributed by atoms with Crippen LogP contribution in [-0.2, 0) is 9.59 Å². The number of imide groups is 1. The van der Waals surface area contributed by atoms with E-state index in [2.05, 4.69) is 5.32 Å². The minimum atomic E-state index is -0.542. The zero-order valence-electron chi connectivity index (χ0n) is 10.4. The molecule has 0 bridgehead atoms. The number of carbonyl (C=O) groups is 2. The van der Waals surface area contributed by atoms with Crippen LogP contribution >= 0.6 is 24.4 Å². The van der Waals surface area contributed by atoms with Gasteiger partial charge >= 0.3 is 0 Å². The molecular weight excluding hydrogens is 294 g/mol. The molecule has 20 heavy (non-hydrogen) atoms. The lowest BCUT2D eigenvalue weighted by Crippen LogP contribution is -2.53. The normalized spacial score (nSPS) is 22.0. The van der Waals surface area contributed by atoms with Crippen molar-refractivity contribution in [1.29, 1.82) is 0 Å². The molecule has 1 aromatic carbocycles. The van der Waals surface area contributed by atoms with Gasteiger partial charge in [-0.1, -0.05) is 36.6 Å². The summed E-state index contributed by atoms with van der Waals surface area (Å²) in [4.78, 5) is 25.8. The van der Waals surface area contributed by atoms with Crippen molar-refractivity contribution >= 4 is 51.9 Å². The summed E-state index contributed by atoms with van der Waals surface area (Å²) < 4.78 is 0. The van der Waals surface area contributed by atoms with Gasteiger partial charge in [-0.15, -0.1) is 0 Å². The summed E-state index contributed by atoms with van der Waals surface area (Å²) in [5.74, 6) is -0.628. The summed E-state index contributed by atoms with van der Waals surface area (Å²) in [6.45, 7) is 0. The maximum Gasteiger partial charge on any atom is 0.249 e. The van der Waals surface area contributed by atoms with Crippen molar-refractivity contribution in [3.63, 3.8) is 0 Å². The highest BCUT2D eigenvalue weighted by Gasteiger charge is 2.40. The number of fused-ring (bicyclic) bond motifs is 1. The number of rotatable bonds is 1. The van der Waals surface area contributed by atoms with E-state index in [-0.39, 0.29) is 18.2 Å². The predicted molar refractivity (Wildman–Crippen MR) is 82.3 cm³/mol. The Bertz CT molecular complexity index is 672. The van der Waals surface area contributed by atoms with Gasteiger partial charge < -0.3 is 10.6 Å². The Kier molecular flexibility index (Phi) is 3.02. The highest BCUT2D eigenvalue weighted by atomic mass is 32.1. The van der Waals surface area contributed by atoms with Crippen LogP contribution in [0.2, 0.25) is 0 Å². The number of hydrogen-bond donors (Lipinski definition) is 2. The second-order valence-electron chi connectivity index (χ2n) is 4.72. The highest BCUT2D eigenvalue weighted by molar-refractivity contribution is 7.82. The van der Waals surface area contributed by atoms with Gasteiger partial charge in [0.15, 0.2) is 0 Å². The topological polar surface area (TPSA) is 75.4 Å². The quantitative estimate of drug-likeness (QED) is 0.453. The van der Waals surface area contributed by atoms with E-state index in [1.807, 2.05) is 6.07 Å². The first-order valence-electron chi connectivity index (χ1n) is 6.11. The van der Waals surface area contributed by atoms with E-state index in [0.29, 0.717) is 27.6 Å². The van der Waals surface area contributed by atoms with Crippen molar-refractivity contribution in [2.24, 2.45) is 0 Å². The van der Waals surface area contributed by atoms with Gasteiger partial charge in [-0.05, 0) is 12.5 Å². The Morgan fingerprint density at radius 3 is 2.65 bits per heavy atom. The Morgan fingerprint density at radius 2 is 2.00 bits per heavy atom. The average Bonchev–Trinajstić information content (AvgIpc) is 2.64. The van der Waals surface area contributed by atoms with Crippen molar-refractivity contribution < 1.29 is 9.59 Å². The zero-order chi connectivity index (χ0) is 14.4. The lowest BCUT2D eigenvalue weighted by Gasteiger charge is -2.30. The van der Waals surface area contributed by atoms with Crippen LogP contribution in [0.15, 0.2) is 18.2 Å². The van der Waals surface area contributed by atoms with E-state index in [4.69, 9.17) is 30.2 Å². The van der Waals surface area contributed by atoms with Gasteiger partial charge in [-0.3, -0.25) is 14.9 Å². The van der Waals surface area contributed by atoms with E-state index in [9.17, 15) is 9.59 Å². The molecule has 0 saturated carbocycles. The van der Waals surface area contributed by atoms with Gasteiger partial charge in [0.05, 0.1) is 0 Å². The molecule has 0 radical (unpaired) electrons. The van der Waals surface area contributed by atoms with Gasteiger partial charge in [0.2, 0.25) is 11.8 Å². The summed E-state index contributed by atoms with van der Waals surface area (Å²) in [5.41, 5.74) is 7.97. The molecule has 0 spiro atoms. The van der Waals surface area contributed by atoms with Gasteiger partial charge in [0.25, 0.3) is 0 Å². The number of anilines is 1. The fraction of sp³-hybridized carbons (Fsp3) is 0.231. The van der Waals surface area contributed by atoms with Crippen LogP contribution < -0.4 is 11.1 Å². The third-order valence-corrected chi connectivity index (χ3v) is 4.32. The van der Waals surface area contributed by atoms with Crippen LogP contribution in [0.25, 0.3) is 0 Å². The summed E-state index contributed by atoms with van der Waals surface area (Å²) in [5, 5.41) is 2.32. The van der Waals surface area contributed by atoms with Crippen molar-refractivity contribution in [2.45, 2.75) is 18.9 Å². The van der Waals surface area contributed by atoms with E-state index in [0.717, 1.165) is 5.56 Å². The monoisotopic (exact) mass is 305 g/mol. The molecule has 2 aliphatic rings. The van der Waals surface area contributed by atoms with Gasteiger partial charge in [0, 0.05) is 23.2 Å². The molecule has 3 rings (SSSR count). The second kappa shape index (κ2) is 4.60. The minimum Gasteiger partial charge on any atom is -0.398 e. The van der Waals surface area contributed by atoms with Crippen LogP contribution in [0, 0.1) is 0 Å². The third-order valence-electron chi connectivity index (χ3n) is 3.50.